The molecule has 0 aliphatic heterocycles. The van der Waals surface area contributed by atoms with Gasteiger partial charge in [-0.15, -0.1) is 10.2 Å². The molecule has 0 saturated heterocycles. The predicted molar refractivity (Wildman–Crippen MR) is 93.3 cm³/mol. The molecule has 1 aromatic heterocycles. The summed E-state index contributed by atoms with van der Waals surface area (Å²) in [5.41, 5.74) is 0.587. The average molecular weight is 340 g/mol. The van der Waals surface area contributed by atoms with Crippen molar-refractivity contribution in [3.05, 3.63) is 42.0 Å². The third-order valence-corrected chi connectivity index (χ3v) is 5.51. The molecule has 0 unspecified atom stereocenters. The molecule has 132 valence electrons. The summed E-state index contributed by atoms with van der Waals surface area (Å²) >= 11 is 0. The Morgan fingerprint density at radius 2 is 2.16 bits per heavy atom. The number of hydrogen-bond acceptors (Lipinski definition) is 4. The summed E-state index contributed by atoms with van der Waals surface area (Å²) in [5.74, 6) is 1.73. The van der Waals surface area contributed by atoms with Crippen molar-refractivity contribution < 1.29 is 9.53 Å². The van der Waals surface area contributed by atoms with Crippen LogP contribution in [0.4, 0.5) is 0 Å². The number of ether oxygens (including phenoxy) is 1. The Hall–Kier alpha value is -2.37. The van der Waals surface area contributed by atoms with Crippen LogP contribution >= 0.6 is 0 Å². The monoisotopic (exact) mass is 340 g/mol. The fraction of sp³-hybridized carbons (Fsp3) is 0.526. The number of benzene rings is 1. The van der Waals surface area contributed by atoms with Crippen LogP contribution < -0.4 is 10.1 Å². The highest BCUT2D eigenvalue weighted by Gasteiger charge is 2.42. The quantitative estimate of drug-likeness (QED) is 0.878. The van der Waals surface area contributed by atoms with E-state index in [1.54, 1.807) is 13.4 Å². The first-order valence-corrected chi connectivity index (χ1v) is 9.04. The van der Waals surface area contributed by atoms with Crippen molar-refractivity contribution in [2.75, 3.05) is 7.11 Å². The van der Waals surface area contributed by atoms with Crippen molar-refractivity contribution in [1.29, 1.82) is 0 Å². The van der Waals surface area contributed by atoms with Crippen LogP contribution in [0.15, 0.2) is 30.6 Å². The van der Waals surface area contributed by atoms with Crippen LogP contribution in [0.5, 0.6) is 5.75 Å². The number of carbonyl (C=O) groups excluding carboxylic acids is 1. The van der Waals surface area contributed by atoms with E-state index < -0.39 is 5.41 Å². The number of carbonyl (C=O) groups is 1. The number of nitrogens with zero attached hydrogens (tertiary/aromatic N) is 3. The van der Waals surface area contributed by atoms with Gasteiger partial charge in [0.1, 0.15) is 12.1 Å². The van der Waals surface area contributed by atoms with E-state index in [-0.39, 0.29) is 5.91 Å². The fourth-order valence-electron chi connectivity index (χ4n) is 3.93. The molecule has 2 aliphatic rings. The Morgan fingerprint density at radius 3 is 2.88 bits per heavy atom. The van der Waals surface area contributed by atoms with Crippen LogP contribution in [0.25, 0.3) is 0 Å². The van der Waals surface area contributed by atoms with Crippen LogP contribution in [-0.2, 0) is 16.8 Å². The van der Waals surface area contributed by atoms with Gasteiger partial charge in [-0.05, 0) is 43.4 Å². The number of nitrogens with one attached hydrogen (secondary N) is 1. The first-order chi connectivity index (χ1) is 12.2. The molecule has 1 aromatic carbocycles. The van der Waals surface area contributed by atoms with Crippen LogP contribution in [-0.4, -0.2) is 27.8 Å². The van der Waals surface area contributed by atoms with Gasteiger partial charge in [-0.25, -0.2) is 0 Å². The Morgan fingerprint density at radius 1 is 1.36 bits per heavy atom. The second-order valence-corrected chi connectivity index (χ2v) is 7.09. The van der Waals surface area contributed by atoms with Crippen LogP contribution in [0.1, 0.15) is 56.0 Å². The summed E-state index contributed by atoms with van der Waals surface area (Å²) in [7, 11) is 1.66. The molecule has 2 aliphatic carbocycles. The largest absolute Gasteiger partial charge is 0.497 e. The first kappa shape index (κ1) is 16.1. The van der Waals surface area contributed by atoms with Crippen molar-refractivity contribution in [3.8, 4) is 5.75 Å². The number of aromatic nitrogens is 3. The number of methoxy groups -OCH3 is 1. The van der Waals surface area contributed by atoms with Gasteiger partial charge >= 0.3 is 0 Å². The summed E-state index contributed by atoms with van der Waals surface area (Å²) in [6.45, 7) is 0.432. The minimum Gasteiger partial charge on any atom is -0.497 e. The molecule has 1 amide bonds. The van der Waals surface area contributed by atoms with Gasteiger partial charge in [-0.1, -0.05) is 25.0 Å². The number of amides is 1. The highest BCUT2D eigenvalue weighted by molar-refractivity contribution is 5.88. The lowest BCUT2D eigenvalue weighted by atomic mass is 9.78. The molecular formula is C19H24N4O2. The molecular weight excluding hydrogens is 316 g/mol. The van der Waals surface area contributed by atoms with Gasteiger partial charge in [-0.3, -0.25) is 4.79 Å². The Labute approximate surface area is 147 Å². The van der Waals surface area contributed by atoms with E-state index >= 15 is 0 Å². The molecule has 0 spiro atoms. The summed E-state index contributed by atoms with van der Waals surface area (Å²) in [6.07, 6.45) is 8.01. The summed E-state index contributed by atoms with van der Waals surface area (Å²) in [4.78, 5) is 13.1. The SMILES string of the molecule is COc1cccc(C2(C(=O)NCc3nncn3C3CC3)CCCC2)c1. The van der Waals surface area contributed by atoms with Gasteiger partial charge in [0.05, 0.1) is 19.1 Å². The smallest absolute Gasteiger partial charge is 0.231 e. The van der Waals surface area contributed by atoms with Crippen molar-refractivity contribution in [3.63, 3.8) is 0 Å². The Balaban J connectivity index is 1.53. The molecule has 25 heavy (non-hydrogen) atoms. The molecule has 6 heteroatoms. The minimum atomic E-state index is -0.459. The molecule has 2 saturated carbocycles. The lowest BCUT2D eigenvalue weighted by Crippen LogP contribution is -2.42. The highest BCUT2D eigenvalue weighted by atomic mass is 16.5. The molecule has 4 rings (SSSR count). The zero-order valence-corrected chi connectivity index (χ0v) is 14.6. The van der Waals surface area contributed by atoms with Gasteiger partial charge < -0.3 is 14.6 Å². The van der Waals surface area contributed by atoms with Crippen molar-refractivity contribution in [2.24, 2.45) is 0 Å². The van der Waals surface area contributed by atoms with E-state index in [0.717, 1.165) is 42.8 Å². The number of hydrogen-bond donors (Lipinski definition) is 1. The molecule has 2 aromatic rings. The van der Waals surface area contributed by atoms with Crippen molar-refractivity contribution >= 4 is 5.91 Å². The maximum atomic E-state index is 13.1. The van der Waals surface area contributed by atoms with Crippen molar-refractivity contribution in [1.82, 2.24) is 20.1 Å². The molecule has 0 bridgehead atoms. The zero-order chi connectivity index (χ0) is 17.3. The standard InChI is InChI=1S/C19H24N4O2/c1-25-16-6-4-5-14(11-16)19(9-2-3-10-19)18(24)20-12-17-22-21-13-23(17)15-7-8-15/h4-6,11,13,15H,2-3,7-10,12H2,1H3,(H,20,24). The third-order valence-electron chi connectivity index (χ3n) is 5.51. The number of rotatable bonds is 6. The van der Waals surface area contributed by atoms with E-state index in [1.807, 2.05) is 24.3 Å². The predicted octanol–water partition coefficient (Wildman–Crippen LogP) is 2.75. The second kappa shape index (κ2) is 6.50. The fourth-order valence-corrected chi connectivity index (χ4v) is 3.93. The van der Waals surface area contributed by atoms with E-state index in [4.69, 9.17) is 4.74 Å². The lowest BCUT2D eigenvalue weighted by molar-refractivity contribution is -0.126. The normalized spacial score (nSPS) is 18.9. The van der Waals surface area contributed by atoms with Gasteiger partial charge in [0.2, 0.25) is 5.91 Å². The van der Waals surface area contributed by atoms with Gasteiger partial charge in [0.15, 0.2) is 5.82 Å². The van der Waals surface area contributed by atoms with Gasteiger partial charge in [0, 0.05) is 6.04 Å². The van der Waals surface area contributed by atoms with E-state index in [0.29, 0.717) is 12.6 Å². The lowest BCUT2D eigenvalue weighted by Gasteiger charge is -2.28. The molecule has 6 nitrogen and oxygen atoms in total. The molecule has 2 fully saturated rings. The van der Waals surface area contributed by atoms with E-state index in [1.165, 1.54) is 12.8 Å². The van der Waals surface area contributed by atoms with Crippen LogP contribution in [0.2, 0.25) is 0 Å². The average Bonchev–Trinajstić information content (AvgIpc) is 3.18. The van der Waals surface area contributed by atoms with Gasteiger partial charge in [0.25, 0.3) is 0 Å². The maximum Gasteiger partial charge on any atom is 0.231 e. The highest BCUT2D eigenvalue weighted by Crippen LogP contribution is 2.42. The summed E-state index contributed by atoms with van der Waals surface area (Å²) in [5, 5.41) is 11.3. The topological polar surface area (TPSA) is 69.0 Å². The minimum absolute atomic E-state index is 0.0867. The summed E-state index contributed by atoms with van der Waals surface area (Å²) < 4.78 is 7.44. The van der Waals surface area contributed by atoms with Crippen molar-refractivity contribution in [2.45, 2.75) is 56.5 Å². The maximum absolute atomic E-state index is 13.1. The van der Waals surface area contributed by atoms with Crippen LogP contribution in [0.3, 0.4) is 0 Å². The van der Waals surface area contributed by atoms with E-state index in [2.05, 4.69) is 20.1 Å². The molecule has 1 N–H and O–H groups in total. The van der Waals surface area contributed by atoms with Crippen LogP contribution in [0, 0.1) is 0 Å². The molecule has 1 heterocycles. The zero-order valence-electron chi connectivity index (χ0n) is 14.6. The second-order valence-electron chi connectivity index (χ2n) is 7.09. The molecule has 0 atom stereocenters. The van der Waals surface area contributed by atoms with E-state index in [9.17, 15) is 4.79 Å². The van der Waals surface area contributed by atoms with Gasteiger partial charge in [-0.2, -0.15) is 0 Å². The third kappa shape index (κ3) is 3.01. The Kier molecular flexibility index (Phi) is 4.19. The summed E-state index contributed by atoms with van der Waals surface area (Å²) in [6, 6.07) is 8.44. The first-order valence-electron chi connectivity index (χ1n) is 9.04. The molecule has 0 radical (unpaired) electrons. The Bertz CT molecular complexity index is 760.